The van der Waals surface area contributed by atoms with Crippen LogP contribution in [0.3, 0.4) is 0 Å². The standard InChI is InChI=1S/C51H100N2O6.C5H10O/c1-6-10-14-16-20-26-35-48(36-27-21-17-15-11-7-2)59-50(56)38-29-23-19-25-31-42-53(43-32-40-52-51(57)46(5)45-54)41-30-24-18-22-28-37-49(55)58-44-39-47(33-12-8-3)34-13-9-4;1-3-4-5(2)6/h46-48,54H,6-45H2,1-5H3,(H,52,57);3-4H2,1-2H3. The van der Waals surface area contributed by atoms with Gasteiger partial charge in [-0.05, 0) is 103 Å². The zero-order valence-corrected chi connectivity index (χ0v) is 44.3. The van der Waals surface area contributed by atoms with E-state index in [2.05, 4.69) is 37.9 Å². The molecule has 9 heteroatoms. The van der Waals surface area contributed by atoms with Gasteiger partial charge in [-0.15, -0.1) is 0 Å². The molecule has 0 radical (unpaired) electrons. The Bertz CT molecular complexity index is 1030. The first-order valence-electron chi connectivity index (χ1n) is 28.0. The van der Waals surface area contributed by atoms with Gasteiger partial charge in [-0.3, -0.25) is 14.4 Å². The molecule has 0 aliphatic heterocycles. The third-order valence-electron chi connectivity index (χ3n) is 12.8. The molecule has 1 amide bonds. The third kappa shape index (κ3) is 48.3. The number of esters is 2. The fourth-order valence-electron chi connectivity index (χ4n) is 8.37. The van der Waals surface area contributed by atoms with Gasteiger partial charge >= 0.3 is 11.9 Å². The van der Waals surface area contributed by atoms with Gasteiger partial charge in [-0.25, -0.2) is 0 Å². The number of carbonyl (C=O) groups is 4. The van der Waals surface area contributed by atoms with Crippen LogP contribution in [0.15, 0.2) is 0 Å². The van der Waals surface area contributed by atoms with Crippen LogP contribution in [-0.4, -0.2) is 79.1 Å². The minimum Gasteiger partial charge on any atom is -0.466 e. The van der Waals surface area contributed by atoms with E-state index in [1.165, 1.54) is 116 Å². The lowest BCUT2D eigenvalue weighted by atomic mass is 9.93. The maximum Gasteiger partial charge on any atom is 0.306 e. The molecule has 0 fully saturated rings. The second-order valence-electron chi connectivity index (χ2n) is 19.4. The number of aliphatic hydroxyl groups excluding tert-OH is 1. The predicted octanol–water partition coefficient (Wildman–Crippen LogP) is 14.8. The highest BCUT2D eigenvalue weighted by molar-refractivity contribution is 5.78. The molecule has 0 aromatic rings. The van der Waals surface area contributed by atoms with Crippen molar-refractivity contribution in [2.45, 2.75) is 286 Å². The summed E-state index contributed by atoms with van der Waals surface area (Å²) in [6.07, 6.45) is 40.4. The topological polar surface area (TPSA) is 122 Å². The second kappa shape index (κ2) is 51.4. The molecule has 1 atom stereocenters. The van der Waals surface area contributed by atoms with E-state index in [0.29, 0.717) is 31.9 Å². The number of ether oxygens (including phenoxy) is 2. The summed E-state index contributed by atoms with van der Waals surface area (Å²) in [5.74, 6) is 0.494. The number of carbonyl (C=O) groups excluding carboxylic acids is 4. The van der Waals surface area contributed by atoms with Crippen molar-refractivity contribution >= 4 is 23.6 Å². The molecule has 0 heterocycles. The largest absolute Gasteiger partial charge is 0.466 e. The lowest BCUT2D eigenvalue weighted by molar-refractivity contribution is -0.150. The van der Waals surface area contributed by atoms with E-state index in [9.17, 15) is 24.3 Å². The monoisotopic (exact) mass is 923 g/mol. The number of nitrogens with one attached hydrogen (secondary N) is 1. The number of ketones is 1. The zero-order chi connectivity index (χ0) is 48.4. The highest BCUT2D eigenvalue weighted by atomic mass is 16.5. The average molecular weight is 924 g/mol. The SMILES string of the molecule is CCCC(C)=O.CCCCCCCCC(CCCCCCCC)OC(=O)CCCCCCCN(CCCCCCCC(=O)OCCC(CCCC)CCCC)CCCNC(=O)C(C)CO. The van der Waals surface area contributed by atoms with Crippen LogP contribution < -0.4 is 5.32 Å². The van der Waals surface area contributed by atoms with Crippen molar-refractivity contribution in [1.29, 1.82) is 0 Å². The number of unbranched alkanes of at least 4 members (excludes halogenated alkanes) is 20. The summed E-state index contributed by atoms with van der Waals surface area (Å²) >= 11 is 0. The van der Waals surface area contributed by atoms with Gasteiger partial charge in [-0.1, -0.05) is 183 Å². The van der Waals surface area contributed by atoms with E-state index in [0.717, 1.165) is 122 Å². The van der Waals surface area contributed by atoms with Gasteiger partial charge in [0.05, 0.1) is 19.1 Å². The Morgan fingerprint density at radius 3 is 1.40 bits per heavy atom. The minimum absolute atomic E-state index is 0.00238. The molecule has 0 saturated heterocycles. The Morgan fingerprint density at radius 1 is 0.492 bits per heavy atom. The summed E-state index contributed by atoms with van der Waals surface area (Å²) in [6, 6.07) is 0. The zero-order valence-electron chi connectivity index (χ0n) is 44.3. The van der Waals surface area contributed by atoms with Crippen molar-refractivity contribution in [3.05, 3.63) is 0 Å². The highest BCUT2D eigenvalue weighted by Crippen LogP contribution is 2.21. The van der Waals surface area contributed by atoms with E-state index >= 15 is 0 Å². The first-order chi connectivity index (χ1) is 31.6. The van der Waals surface area contributed by atoms with Crippen molar-refractivity contribution in [3.63, 3.8) is 0 Å². The molecular formula is C56H110N2O7. The number of rotatable bonds is 48. The van der Waals surface area contributed by atoms with E-state index in [1.807, 2.05) is 6.92 Å². The van der Waals surface area contributed by atoms with Crippen molar-refractivity contribution in [2.24, 2.45) is 11.8 Å². The summed E-state index contributed by atoms with van der Waals surface area (Å²) in [5, 5.41) is 12.3. The Balaban J connectivity index is 0. The van der Waals surface area contributed by atoms with Crippen molar-refractivity contribution < 1.29 is 33.8 Å². The Labute approximate surface area is 403 Å². The van der Waals surface area contributed by atoms with Crippen LogP contribution in [-0.2, 0) is 28.7 Å². The Hall–Kier alpha value is -2.00. The molecule has 65 heavy (non-hydrogen) atoms. The molecule has 0 bridgehead atoms. The number of amides is 1. The molecule has 1 unspecified atom stereocenters. The van der Waals surface area contributed by atoms with E-state index in [4.69, 9.17) is 9.47 Å². The molecule has 0 saturated carbocycles. The van der Waals surface area contributed by atoms with Crippen LogP contribution in [0.25, 0.3) is 0 Å². The molecule has 0 aromatic heterocycles. The van der Waals surface area contributed by atoms with Gasteiger partial charge in [0.1, 0.15) is 11.9 Å². The van der Waals surface area contributed by atoms with E-state index in [-0.39, 0.29) is 42.3 Å². The summed E-state index contributed by atoms with van der Waals surface area (Å²) in [6.45, 7) is 18.5. The molecule has 0 spiro atoms. The highest BCUT2D eigenvalue weighted by Gasteiger charge is 2.15. The van der Waals surface area contributed by atoms with Crippen molar-refractivity contribution in [1.82, 2.24) is 10.2 Å². The molecule has 2 N–H and O–H groups in total. The van der Waals surface area contributed by atoms with Crippen LogP contribution in [0.4, 0.5) is 0 Å². The average Bonchev–Trinajstić information content (AvgIpc) is 3.29. The van der Waals surface area contributed by atoms with Gasteiger partial charge in [0, 0.05) is 25.8 Å². The van der Waals surface area contributed by atoms with Crippen LogP contribution in [0.5, 0.6) is 0 Å². The Kier molecular flexibility index (Phi) is 51.5. The van der Waals surface area contributed by atoms with Gasteiger partial charge in [0.25, 0.3) is 0 Å². The fraction of sp³-hybridized carbons (Fsp3) is 0.929. The first kappa shape index (κ1) is 65.1. The number of nitrogens with zero attached hydrogens (tertiary/aromatic N) is 1. The van der Waals surface area contributed by atoms with Crippen molar-refractivity contribution in [3.8, 4) is 0 Å². The lowest BCUT2D eigenvalue weighted by Gasteiger charge is -2.22. The van der Waals surface area contributed by atoms with Crippen LogP contribution in [0.2, 0.25) is 0 Å². The second-order valence-corrected chi connectivity index (χ2v) is 19.4. The van der Waals surface area contributed by atoms with E-state index < -0.39 is 0 Å². The summed E-state index contributed by atoms with van der Waals surface area (Å²) < 4.78 is 11.7. The third-order valence-corrected chi connectivity index (χ3v) is 12.8. The van der Waals surface area contributed by atoms with Gasteiger partial charge in [0.15, 0.2) is 0 Å². The Morgan fingerprint density at radius 2 is 0.938 bits per heavy atom. The smallest absolute Gasteiger partial charge is 0.306 e. The molecule has 9 nitrogen and oxygen atoms in total. The molecule has 0 aromatic carbocycles. The normalized spacial score (nSPS) is 11.8. The van der Waals surface area contributed by atoms with Crippen LogP contribution in [0, 0.1) is 11.8 Å². The molecular weight excluding hydrogens is 813 g/mol. The number of aliphatic hydroxyl groups is 1. The molecule has 0 aliphatic rings. The van der Waals surface area contributed by atoms with Crippen LogP contribution in [0.1, 0.15) is 280 Å². The summed E-state index contributed by atoms with van der Waals surface area (Å²) in [7, 11) is 0. The summed E-state index contributed by atoms with van der Waals surface area (Å²) in [5.41, 5.74) is 0. The maximum absolute atomic E-state index is 12.8. The number of hydrogen-bond acceptors (Lipinski definition) is 8. The maximum atomic E-state index is 12.8. The fourth-order valence-corrected chi connectivity index (χ4v) is 8.37. The van der Waals surface area contributed by atoms with Crippen LogP contribution >= 0.6 is 0 Å². The summed E-state index contributed by atoms with van der Waals surface area (Å²) in [4.78, 5) is 49.9. The number of Topliss-reactive ketones (excluding diaryl/α,β-unsaturated/α-hetero) is 1. The number of hydrogen-bond donors (Lipinski definition) is 2. The van der Waals surface area contributed by atoms with Gasteiger partial charge < -0.3 is 29.6 Å². The minimum atomic E-state index is -0.370. The van der Waals surface area contributed by atoms with E-state index in [1.54, 1.807) is 13.8 Å². The van der Waals surface area contributed by atoms with Crippen molar-refractivity contribution in [2.75, 3.05) is 39.4 Å². The quantitative estimate of drug-likeness (QED) is 0.0457. The molecule has 386 valence electrons. The predicted molar refractivity (Wildman–Crippen MR) is 275 cm³/mol. The first-order valence-corrected chi connectivity index (χ1v) is 28.0. The lowest BCUT2D eigenvalue weighted by Crippen LogP contribution is -2.34. The molecule has 0 aliphatic carbocycles. The van der Waals surface area contributed by atoms with Gasteiger partial charge in [0.2, 0.25) is 5.91 Å². The molecule has 0 rings (SSSR count). The van der Waals surface area contributed by atoms with Gasteiger partial charge in [-0.2, -0.15) is 0 Å².